The lowest BCUT2D eigenvalue weighted by molar-refractivity contribution is -0.112. The Morgan fingerprint density at radius 2 is 1.83 bits per heavy atom. The Labute approximate surface area is 198 Å². The average molecular weight is 549 g/mol. The molecule has 7 heteroatoms. The van der Waals surface area contributed by atoms with Crippen molar-refractivity contribution in [1.82, 2.24) is 0 Å². The topological polar surface area (TPSA) is 62.1 Å². The number of anilines is 1. The monoisotopic (exact) mass is 548 g/mol. The molecule has 3 aromatic carbocycles. The number of nitrogens with one attached hydrogen (secondary N) is 1. The standard InChI is InChI=1S/C23H15Cl2IN2O2/c24-18-8-5-15(6-9-18)14-30-22-10-7-16(12-19(22)25)11-17(13-27)23(29)28-21-4-2-1-3-20(21)26/h1-12H,14H2,(H,28,29)/b17-11+. The van der Waals surface area contributed by atoms with Crippen LogP contribution in [0.25, 0.3) is 6.08 Å². The fourth-order valence-electron chi connectivity index (χ4n) is 2.53. The Morgan fingerprint density at radius 3 is 2.50 bits per heavy atom. The molecule has 0 fully saturated rings. The molecule has 3 rings (SSSR count). The first kappa shape index (κ1) is 22.2. The van der Waals surface area contributed by atoms with Gasteiger partial charge in [0, 0.05) is 8.59 Å². The normalized spacial score (nSPS) is 10.9. The van der Waals surface area contributed by atoms with Crippen molar-refractivity contribution in [2.45, 2.75) is 6.61 Å². The first-order valence-electron chi connectivity index (χ1n) is 8.81. The maximum absolute atomic E-state index is 12.5. The summed E-state index contributed by atoms with van der Waals surface area (Å²) in [6.45, 7) is 0.341. The lowest BCUT2D eigenvalue weighted by Gasteiger charge is -2.09. The summed E-state index contributed by atoms with van der Waals surface area (Å²) in [5.41, 5.74) is 2.19. The van der Waals surface area contributed by atoms with Gasteiger partial charge < -0.3 is 10.1 Å². The summed E-state index contributed by atoms with van der Waals surface area (Å²) in [4.78, 5) is 12.5. The highest BCUT2D eigenvalue weighted by molar-refractivity contribution is 14.1. The van der Waals surface area contributed by atoms with E-state index in [9.17, 15) is 10.1 Å². The molecule has 0 unspecified atom stereocenters. The molecule has 1 amide bonds. The van der Waals surface area contributed by atoms with Gasteiger partial charge in [-0.2, -0.15) is 5.26 Å². The van der Waals surface area contributed by atoms with Gasteiger partial charge in [-0.3, -0.25) is 4.79 Å². The molecule has 0 radical (unpaired) electrons. The van der Waals surface area contributed by atoms with Crippen LogP contribution in [0.1, 0.15) is 11.1 Å². The van der Waals surface area contributed by atoms with Crippen molar-refractivity contribution in [1.29, 1.82) is 5.26 Å². The van der Waals surface area contributed by atoms with Crippen LogP contribution in [0.4, 0.5) is 5.69 Å². The molecule has 0 spiro atoms. The van der Waals surface area contributed by atoms with E-state index in [-0.39, 0.29) is 5.57 Å². The van der Waals surface area contributed by atoms with Crippen LogP contribution in [0.2, 0.25) is 10.0 Å². The zero-order valence-corrected chi connectivity index (χ0v) is 19.2. The molecule has 4 nitrogen and oxygen atoms in total. The maximum Gasteiger partial charge on any atom is 0.266 e. The Balaban J connectivity index is 1.71. The van der Waals surface area contributed by atoms with Crippen molar-refractivity contribution in [3.63, 3.8) is 0 Å². The smallest absolute Gasteiger partial charge is 0.266 e. The van der Waals surface area contributed by atoms with E-state index >= 15 is 0 Å². The van der Waals surface area contributed by atoms with Crippen LogP contribution in [-0.4, -0.2) is 5.91 Å². The minimum atomic E-state index is -0.485. The summed E-state index contributed by atoms with van der Waals surface area (Å²) < 4.78 is 6.63. The number of para-hydroxylation sites is 1. The Bertz CT molecular complexity index is 1140. The Hall–Kier alpha value is -2.53. The summed E-state index contributed by atoms with van der Waals surface area (Å²) in [5, 5.41) is 13.2. The van der Waals surface area contributed by atoms with Crippen molar-refractivity contribution in [3.8, 4) is 11.8 Å². The quantitative estimate of drug-likeness (QED) is 0.211. The molecule has 0 aliphatic rings. The van der Waals surface area contributed by atoms with Gasteiger partial charge in [-0.25, -0.2) is 0 Å². The number of amides is 1. The van der Waals surface area contributed by atoms with Crippen LogP contribution >= 0.6 is 45.8 Å². The minimum Gasteiger partial charge on any atom is -0.487 e. The number of ether oxygens (including phenoxy) is 1. The molecule has 0 aliphatic heterocycles. The van der Waals surface area contributed by atoms with Crippen LogP contribution in [0, 0.1) is 14.9 Å². The molecule has 0 heterocycles. The Kier molecular flexibility index (Phi) is 7.75. The van der Waals surface area contributed by atoms with Crippen LogP contribution < -0.4 is 10.1 Å². The number of hydrogen-bond acceptors (Lipinski definition) is 3. The van der Waals surface area contributed by atoms with Gasteiger partial charge in [0.05, 0.1) is 10.7 Å². The van der Waals surface area contributed by atoms with Crippen molar-refractivity contribution in [2.75, 3.05) is 5.32 Å². The van der Waals surface area contributed by atoms with E-state index in [1.807, 2.05) is 36.4 Å². The first-order valence-corrected chi connectivity index (χ1v) is 10.6. The molecule has 0 saturated heterocycles. The third-order valence-electron chi connectivity index (χ3n) is 4.06. The summed E-state index contributed by atoms with van der Waals surface area (Å²) in [6.07, 6.45) is 1.49. The van der Waals surface area contributed by atoms with Crippen LogP contribution in [-0.2, 0) is 11.4 Å². The third kappa shape index (κ3) is 5.99. The molecule has 30 heavy (non-hydrogen) atoms. The largest absolute Gasteiger partial charge is 0.487 e. The van der Waals surface area contributed by atoms with Crippen molar-refractivity contribution in [3.05, 3.63) is 97.0 Å². The molecule has 0 saturated carbocycles. The summed E-state index contributed by atoms with van der Waals surface area (Å²) in [7, 11) is 0. The van der Waals surface area contributed by atoms with E-state index in [1.165, 1.54) is 6.08 Å². The molecule has 0 bridgehead atoms. The third-order valence-corrected chi connectivity index (χ3v) is 5.55. The van der Waals surface area contributed by atoms with E-state index in [0.717, 1.165) is 9.13 Å². The molecule has 150 valence electrons. The fourth-order valence-corrected chi connectivity index (χ4v) is 3.42. The number of hydrogen-bond donors (Lipinski definition) is 1. The number of carbonyl (C=O) groups is 1. The molecule has 1 N–H and O–H groups in total. The number of nitriles is 1. The maximum atomic E-state index is 12.5. The van der Waals surface area contributed by atoms with Crippen LogP contribution in [0.3, 0.4) is 0 Å². The SMILES string of the molecule is N#C/C(=C\c1ccc(OCc2ccc(Cl)cc2)c(Cl)c1)C(=O)Nc1ccccc1I. The molecule has 3 aromatic rings. The lowest BCUT2D eigenvalue weighted by atomic mass is 10.1. The lowest BCUT2D eigenvalue weighted by Crippen LogP contribution is -2.14. The molecular weight excluding hydrogens is 534 g/mol. The van der Waals surface area contributed by atoms with E-state index in [1.54, 1.807) is 36.4 Å². The number of benzene rings is 3. The van der Waals surface area contributed by atoms with Gasteiger partial charge in [-0.15, -0.1) is 0 Å². The second-order valence-electron chi connectivity index (χ2n) is 6.21. The van der Waals surface area contributed by atoms with Crippen molar-refractivity contribution < 1.29 is 9.53 Å². The second-order valence-corrected chi connectivity index (χ2v) is 8.21. The van der Waals surface area contributed by atoms with E-state index in [2.05, 4.69) is 27.9 Å². The average Bonchev–Trinajstić information content (AvgIpc) is 2.74. The molecular formula is C23H15Cl2IN2O2. The van der Waals surface area contributed by atoms with E-state index in [0.29, 0.717) is 33.7 Å². The van der Waals surface area contributed by atoms with Crippen molar-refractivity contribution in [2.24, 2.45) is 0 Å². The summed E-state index contributed by atoms with van der Waals surface area (Å²) in [6, 6.07) is 21.7. The predicted molar refractivity (Wildman–Crippen MR) is 129 cm³/mol. The van der Waals surface area contributed by atoms with Crippen molar-refractivity contribution >= 4 is 63.5 Å². The second kappa shape index (κ2) is 10.5. The van der Waals surface area contributed by atoms with Gasteiger partial charge in [0.15, 0.2) is 0 Å². The minimum absolute atomic E-state index is 0.0273. The number of nitrogens with zero attached hydrogens (tertiary/aromatic N) is 1. The summed E-state index contributed by atoms with van der Waals surface area (Å²) >= 11 is 14.3. The first-order chi connectivity index (χ1) is 14.5. The predicted octanol–water partition coefficient (Wildman–Crippen LogP) is 6.72. The zero-order chi connectivity index (χ0) is 21.5. The molecule has 0 aromatic heterocycles. The van der Waals surface area contributed by atoms with Gasteiger partial charge in [0.1, 0.15) is 24.0 Å². The van der Waals surface area contributed by atoms with Gasteiger partial charge in [-0.05, 0) is 76.2 Å². The van der Waals surface area contributed by atoms with E-state index < -0.39 is 5.91 Å². The highest BCUT2D eigenvalue weighted by Crippen LogP contribution is 2.27. The zero-order valence-electron chi connectivity index (χ0n) is 15.5. The highest BCUT2D eigenvalue weighted by atomic mass is 127. The van der Waals surface area contributed by atoms with Gasteiger partial charge in [0.25, 0.3) is 5.91 Å². The summed E-state index contributed by atoms with van der Waals surface area (Å²) in [5.74, 6) is 0.0198. The number of carbonyl (C=O) groups excluding carboxylic acids is 1. The molecule has 0 aliphatic carbocycles. The Morgan fingerprint density at radius 1 is 1.10 bits per heavy atom. The van der Waals surface area contributed by atoms with E-state index in [4.69, 9.17) is 27.9 Å². The van der Waals surface area contributed by atoms with Gasteiger partial charge in [0.2, 0.25) is 0 Å². The number of rotatable bonds is 6. The van der Waals surface area contributed by atoms with Gasteiger partial charge >= 0.3 is 0 Å². The molecule has 0 atom stereocenters. The van der Waals surface area contributed by atoms with Crippen LogP contribution in [0.15, 0.2) is 72.3 Å². The highest BCUT2D eigenvalue weighted by Gasteiger charge is 2.12. The van der Waals surface area contributed by atoms with Crippen LogP contribution in [0.5, 0.6) is 5.75 Å². The fraction of sp³-hybridized carbons (Fsp3) is 0.0435. The number of halogens is 3. The van der Waals surface area contributed by atoms with Gasteiger partial charge in [-0.1, -0.05) is 53.5 Å².